The maximum absolute atomic E-state index is 6.18. The van der Waals surface area contributed by atoms with Gasteiger partial charge in [-0.25, -0.2) is 0 Å². The van der Waals surface area contributed by atoms with E-state index in [-0.39, 0.29) is 0 Å². The Balaban J connectivity index is 4.61. The van der Waals surface area contributed by atoms with E-state index in [0.29, 0.717) is 0 Å². The summed E-state index contributed by atoms with van der Waals surface area (Å²) in [4.78, 5) is 0. The summed E-state index contributed by atoms with van der Waals surface area (Å²) in [7, 11) is 0. The predicted molar refractivity (Wildman–Crippen MR) is 88.0 cm³/mol. The maximum atomic E-state index is 6.18. The molecule has 0 N–H and O–H groups in total. The molecular formula is C16H34O3Sn. The molecule has 0 amide bonds. The summed E-state index contributed by atoms with van der Waals surface area (Å²) in [5, 5.41) is 0. The summed E-state index contributed by atoms with van der Waals surface area (Å²) in [6.07, 6.45) is 6.63. The molecule has 0 bridgehead atoms. The van der Waals surface area contributed by atoms with Crippen LogP contribution in [0.2, 0.25) is 4.44 Å². The van der Waals surface area contributed by atoms with Crippen LogP contribution in [0.25, 0.3) is 0 Å². The Morgan fingerprint density at radius 1 is 0.800 bits per heavy atom. The van der Waals surface area contributed by atoms with Crippen LogP contribution < -0.4 is 0 Å². The zero-order valence-corrected chi connectivity index (χ0v) is 16.9. The average Bonchev–Trinajstić information content (AvgIpc) is 2.39. The van der Waals surface area contributed by atoms with Gasteiger partial charge in [-0.1, -0.05) is 0 Å². The first-order valence-electron chi connectivity index (χ1n) is 8.16. The number of hydrogen-bond donors (Lipinski definition) is 0. The van der Waals surface area contributed by atoms with Crippen molar-refractivity contribution in [2.45, 2.75) is 70.7 Å². The van der Waals surface area contributed by atoms with E-state index in [9.17, 15) is 0 Å². The van der Waals surface area contributed by atoms with Crippen LogP contribution in [0.4, 0.5) is 0 Å². The second-order valence-corrected chi connectivity index (χ2v) is 12.8. The summed E-state index contributed by atoms with van der Waals surface area (Å²) >= 11 is -3.41. The number of unbranched alkanes of at least 4 members (excludes halogenated alkanes) is 3. The zero-order valence-electron chi connectivity index (χ0n) is 14.0. The molecule has 0 aromatic heterocycles. The van der Waals surface area contributed by atoms with Gasteiger partial charge < -0.3 is 0 Å². The van der Waals surface area contributed by atoms with Gasteiger partial charge in [-0.3, -0.25) is 0 Å². The van der Waals surface area contributed by atoms with E-state index in [1.165, 1.54) is 0 Å². The van der Waals surface area contributed by atoms with Crippen LogP contribution in [0.1, 0.15) is 66.2 Å². The molecular weight excluding hydrogens is 359 g/mol. The van der Waals surface area contributed by atoms with Crippen LogP contribution in [-0.2, 0) is 9.22 Å². The molecule has 0 aliphatic rings. The first-order valence-corrected chi connectivity index (χ1v) is 13.7. The van der Waals surface area contributed by atoms with E-state index in [0.717, 1.165) is 68.4 Å². The Labute approximate surface area is 131 Å². The molecule has 0 heterocycles. The molecule has 0 rings (SSSR count). The molecule has 0 aliphatic carbocycles. The summed E-state index contributed by atoms with van der Waals surface area (Å²) < 4.78 is 19.3. The van der Waals surface area contributed by atoms with Gasteiger partial charge in [0.25, 0.3) is 0 Å². The molecule has 20 heavy (non-hydrogen) atoms. The summed E-state index contributed by atoms with van der Waals surface area (Å²) in [5.41, 5.74) is 1.12. The van der Waals surface area contributed by atoms with E-state index in [1.54, 1.807) is 0 Å². The molecule has 0 radical (unpaired) electrons. The molecule has 4 heteroatoms. The summed E-state index contributed by atoms with van der Waals surface area (Å²) in [5.74, 6) is 0. The SMILES string of the molecule is C=C(C)[CH2][Sn]([O]CCCC)([O]CCCC)[O]CCCC. The molecule has 120 valence electrons. The Kier molecular flexibility index (Phi) is 13.4. The molecule has 0 spiro atoms. The molecule has 0 saturated carbocycles. The van der Waals surface area contributed by atoms with Gasteiger partial charge in [0.15, 0.2) is 0 Å². The normalized spacial score (nSPS) is 11.8. The van der Waals surface area contributed by atoms with Crippen LogP contribution >= 0.6 is 0 Å². The van der Waals surface area contributed by atoms with E-state index in [1.807, 2.05) is 6.92 Å². The average molecular weight is 393 g/mol. The Morgan fingerprint density at radius 2 is 1.15 bits per heavy atom. The Hall–Kier alpha value is 0.419. The van der Waals surface area contributed by atoms with Crippen LogP contribution in [0.5, 0.6) is 0 Å². The fraction of sp³-hybridized carbons (Fsp3) is 0.875. The van der Waals surface area contributed by atoms with Gasteiger partial charge in [-0.15, -0.1) is 0 Å². The van der Waals surface area contributed by atoms with Crippen molar-refractivity contribution in [1.29, 1.82) is 0 Å². The van der Waals surface area contributed by atoms with Crippen LogP contribution in [0, 0.1) is 0 Å². The van der Waals surface area contributed by atoms with Crippen LogP contribution in [0.3, 0.4) is 0 Å². The molecule has 0 unspecified atom stereocenters. The first-order chi connectivity index (χ1) is 9.60. The van der Waals surface area contributed by atoms with E-state index in [4.69, 9.17) is 9.22 Å². The molecule has 0 aromatic rings. The molecule has 0 saturated heterocycles. The van der Waals surface area contributed by atoms with Gasteiger partial charge in [0.1, 0.15) is 0 Å². The molecule has 0 atom stereocenters. The number of hydrogen-bond acceptors (Lipinski definition) is 3. The third-order valence-electron chi connectivity index (χ3n) is 2.98. The van der Waals surface area contributed by atoms with Gasteiger partial charge in [-0.2, -0.15) is 0 Å². The molecule has 0 aliphatic heterocycles. The number of rotatable bonds is 14. The fourth-order valence-electron chi connectivity index (χ4n) is 1.76. The van der Waals surface area contributed by atoms with Gasteiger partial charge in [0, 0.05) is 0 Å². The van der Waals surface area contributed by atoms with Crippen molar-refractivity contribution in [2.24, 2.45) is 0 Å². The van der Waals surface area contributed by atoms with E-state index < -0.39 is 19.6 Å². The molecule has 3 nitrogen and oxygen atoms in total. The summed E-state index contributed by atoms with van der Waals surface area (Å²) in [6, 6.07) is 0. The first kappa shape index (κ1) is 20.4. The topological polar surface area (TPSA) is 27.7 Å². The molecule has 0 aromatic carbocycles. The van der Waals surface area contributed by atoms with Crippen molar-refractivity contribution in [3.8, 4) is 0 Å². The van der Waals surface area contributed by atoms with Crippen LogP contribution in [-0.4, -0.2) is 39.4 Å². The van der Waals surface area contributed by atoms with Crippen molar-refractivity contribution < 1.29 is 9.22 Å². The van der Waals surface area contributed by atoms with Crippen molar-refractivity contribution in [1.82, 2.24) is 0 Å². The zero-order chi connectivity index (χ0) is 15.3. The van der Waals surface area contributed by atoms with E-state index >= 15 is 0 Å². The minimum absolute atomic E-state index is 0.762. The fourth-order valence-corrected chi connectivity index (χ4v) is 9.36. The Bertz CT molecular complexity index is 217. The third-order valence-corrected chi connectivity index (χ3v) is 11.5. The van der Waals surface area contributed by atoms with Crippen LogP contribution in [0.15, 0.2) is 12.2 Å². The predicted octanol–water partition coefficient (Wildman–Crippen LogP) is 4.95. The van der Waals surface area contributed by atoms with Gasteiger partial charge in [0.2, 0.25) is 0 Å². The van der Waals surface area contributed by atoms with Gasteiger partial charge >= 0.3 is 131 Å². The third kappa shape index (κ3) is 10.2. The van der Waals surface area contributed by atoms with Crippen molar-refractivity contribution >= 4 is 19.6 Å². The second-order valence-electron chi connectivity index (χ2n) is 5.42. The van der Waals surface area contributed by atoms with Gasteiger partial charge in [0.05, 0.1) is 0 Å². The van der Waals surface area contributed by atoms with E-state index in [2.05, 4.69) is 27.4 Å². The van der Waals surface area contributed by atoms with Crippen molar-refractivity contribution in [3.63, 3.8) is 0 Å². The van der Waals surface area contributed by atoms with Gasteiger partial charge in [-0.05, 0) is 0 Å². The standard InChI is InChI=1S/3C4H9O.C4H7.Sn/c3*1-2-3-4-5;1-4(2)3;/h3*2-4H2,1H3;1-2H2,3H3;/q3*-1;;+3. The quantitative estimate of drug-likeness (QED) is 0.238. The summed E-state index contributed by atoms with van der Waals surface area (Å²) in [6.45, 7) is 14.9. The van der Waals surface area contributed by atoms with Crippen molar-refractivity contribution in [3.05, 3.63) is 12.2 Å². The Morgan fingerprint density at radius 3 is 1.40 bits per heavy atom. The number of allylic oxidation sites excluding steroid dienone is 1. The second kappa shape index (κ2) is 13.1. The van der Waals surface area contributed by atoms with Crippen molar-refractivity contribution in [2.75, 3.05) is 19.8 Å². The molecule has 0 fully saturated rings. The monoisotopic (exact) mass is 394 g/mol. The minimum atomic E-state index is -3.41.